The number of hydrogen-bond donors (Lipinski definition) is 1. The third-order valence-electron chi connectivity index (χ3n) is 2.36. The van der Waals surface area contributed by atoms with E-state index >= 15 is 0 Å². The van der Waals surface area contributed by atoms with Gasteiger partial charge in [0.05, 0.1) is 0 Å². The van der Waals surface area contributed by atoms with E-state index in [-0.39, 0.29) is 0 Å². The molecule has 0 saturated heterocycles. The second-order valence-corrected chi connectivity index (χ2v) is 4.42. The van der Waals surface area contributed by atoms with Gasteiger partial charge in [0.25, 0.3) is 0 Å². The molecule has 5 heteroatoms. The van der Waals surface area contributed by atoms with Crippen LogP contribution in [0.1, 0.15) is 6.42 Å². The van der Waals surface area contributed by atoms with E-state index < -0.39 is 12.0 Å². The minimum Gasteiger partial charge on any atom is -0.480 e. The molecular formula is C11H16N2O2S. The lowest BCUT2D eigenvalue weighted by atomic mass is 10.2. The highest BCUT2D eigenvalue weighted by Gasteiger charge is 2.22. The number of carbonyl (C=O) groups is 1. The quantitative estimate of drug-likeness (QED) is 0.820. The molecule has 0 aliphatic carbocycles. The molecule has 0 amide bonds. The average molecular weight is 240 g/mol. The molecule has 1 aromatic rings. The first-order valence-electron chi connectivity index (χ1n) is 5.02. The van der Waals surface area contributed by atoms with E-state index in [0.717, 1.165) is 5.75 Å². The SMILES string of the molecule is CSCCC(C(=O)O)N(C)c1ccccn1. The summed E-state index contributed by atoms with van der Waals surface area (Å²) in [6.07, 6.45) is 4.25. The first-order valence-corrected chi connectivity index (χ1v) is 6.41. The molecule has 16 heavy (non-hydrogen) atoms. The number of thioether (sulfide) groups is 1. The van der Waals surface area contributed by atoms with Crippen molar-refractivity contribution in [1.82, 2.24) is 4.98 Å². The Balaban J connectivity index is 2.75. The normalized spacial score (nSPS) is 12.1. The number of aromatic nitrogens is 1. The summed E-state index contributed by atoms with van der Waals surface area (Å²) in [5.41, 5.74) is 0. The monoisotopic (exact) mass is 240 g/mol. The van der Waals surface area contributed by atoms with Crippen molar-refractivity contribution in [1.29, 1.82) is 0 Å². The predicted molar refractivity (Wildman–Crippen MR) is 67.1 cm³/mol. The fourth-order valence-corrected chi connectivity index (χ4v) is 1.89. The summed E-state index contributed by atoms with van der Waals surface area (Å²) in [7, 11) is 1.77. The molecule has 4 nitrogen and oxygen atoms in total. The van der Waals surface area contributed by atoms with Crippen molar-refractivity contribution < 1.29 is 9.90 Å². The Labute approximate surface area is 99.7 Å². The Hall–Kier alpha value is -1.23. The summed E-state index contributed by atoms with van der Waals surface area (Å²) >= 11 is 1.65. The Morgan fingerprint density at radius 3 is 2.88 bits per heavy atom. The van der Waals surface area contributed by atoms with E-state index in [0.29, 0.717) is 12.2 Å². The molecule has 1 heterocycles. The van der Waals surface area contributed by atoms with Crippen LogP contribution in [-0.4, -0.2) is 41.2 Å². The molecule has 0 aliphatic heterocycles. The van der Waals surface area contributed by atoms with Gasteiger partial charge in [0.2, 0.25) is 0 Å². The molecule has 0 bridgehead atoms. The molecule has 0 aliphatic rings. The largest absolute Gasteiger partial charge is 0.480 e. The molecule has 0 saturated carbocycles. The van der Waals surface area contributed by atoms with Gasteiger partial charge < -0.3 is 10.0 Å². The van der Waals surface area contributed by atoms with Crippen molar-refractivity contribution in [3.8, 4) is 0 Å². The van der Waals surface area contributed by atoms with E-state index in [1.165, 1.54) is 0 Å². The van der Waals surface area contributed by atoms with Crippen LogP contribution in [0.5, 0.6) is 0 Å². The molecule has 1 unspecified atom stereocenters. The highest BCUT2D eigenvalue weighted by Crippen LogP contribution is 2.14. The lowest BCUT2D eigenvalue weighted by molar-refractivity contribution is -0.138. The zero-order valence-electron chi connectivity index (χ0n) is 9.46. The number of carboxylic acid groups (broad SMARTS) is 1. The standard InChI is InChI=1S/C11H16N2O2S/c1-13(10-5-3-4-7-12-10)9(11(14)15)6-8-16-2/h3-5,7,9H,6,8H2,1-2H3,(H,14,15). The minimum atomic E-state index is -0.804. The first-order chi connectivity index (χ1) is 7.66. The molecule has 0 radical (unpaired) electrons. The maximum Gasteiger partial charge on any atom is 0.326 e. The van der Waals surface area contributed by atoms with E-state index in [4.69, 9.17) is 5.11 Å². The van der Waals surface area contributed by atoms with E-state index in [1.54, 1.807) is 29.9 Å². The van der Waals surface area contributed by atoms with Gasteiger partial charge >= 0.3 is 5.97 Å². The highest BCUT2D eigenvalue weighted by atomic mass is 32.2. The van der Waals surface area contributed by atoms with Gasteiger partial charge in [-0.05, 0) is 30.6 Å². The highest BCUT2D eigenvalue weighted by molar-refractivity contribution is 7.98. The number of anilines is 1. The Morgan fingerprint density at radius 2 is 2.38 bits per heavy atom. The Kier molecular flexibility index (Phi) is 5.11. The summed E-state index contributed by atoms with van der Waals surface area (Å²) in [6, 6.07) is 4.97. The van der Waals surface area contributed by atoms with Gasteiger partial charge in [-0.1, -0.05) is 6.07 Å². The molecule has 0 fully saturated rings. The van der Waals surface area contributed by atoms with Crippen LogP contribution in [0.2, 0.25) is 0 Å². The molecule has 88 valence electrons. The lowest BCUT2D eigenvalue weighted by Gasteiger charge is -2.25. The smallest absolute Gasteiger partial charge is 0.326 e. The van der Waals surface area contributed by atoms with Gasteiger partial charge in [0.1, 0.15) is 11.9 Å². The third kappa shape index (κ3) is 3.41. The van der Waals surface area contributed by atoms with Crippen molar-refractivity contribution in [2.75, 3.05) is 24.0 Å². The summed E-state index contributed by atoms with van der Waals surface area (Å²) in [5, 5.41) is 9.15. The maximum absolute atomic E-state index is 11.1. The summed E-state index contributed by atoms with van der Waals surface area (Å²) in [6.45, 7) is 0. The second kappa shape index (κ2) is 6.37. The predicted octanol–water partition coefficient (Wildman–Crippen LogP) is 1.72. The summed E-state index contributed by atoms with van der Waals surface area (Å²) in [4.78, 5) is 17.0. The van der Waals surface area contributed by atoms with Crippen LogP contribution < -0.4 is 4.90 Å². The molecule has 1 rings (SSSR count). The van der Waals surface area contributed by atoms with Crippen molar-refractivity contribution in [3.05, 3.63) is 24.4 Å². The van der Waals surface area contributed by atoms with Crippen molar-refractivity contribution >= 4 is 23.5 Å². The van der Waals surface area contributed by atoms with Crippen LogP contribution in [0.25, 0.3) is 0 Å². The second-order valence-electron chi connectivity index (χ2n) is 3.43. The van der Waals surface area contributed by atoms with Crippen LogP contribution in [0.15, 0.2) is 24.4 Å². The van der Waals surface area contributed by atoms with Gasteiger partial charge in [-0.25, -0.2) is 9.78 Å². The fourth-order valence-electron chi connectivity index (χ4n) is 1.43. The van der Waals surface area contributed by atoms with Gasteiger partial charge in [-0.2, -0.15) is 11.8 Å². The third-order valence-corrected chi connectivity index (χ3v) is 3.00. The molecular weight excluding hydrogens is 224 g/mol. The van der Waals surface area contributed by atoms with Crippen LogP contribution in [-0.2, 0) is 4.79 Å². The number of pyridine rings is 1. The summed E-state index contributed by atoms with van der Waals surface area (Å²) in [5.74, 6) is 0.715. The van der Waals surface area contributed by atoms with Crippen molar-refractivity contribution in [2.24, 2.45) is 0 Å². The fraction of sp³-hybridized carbons (Fsp3) is 0.455. The number of nitrogens with zero attached hydrogens (tertiary/aromatic N) is 2. The van der Waals surface area contributed by atoms with Crippen molar-refractivity contribution in [3.63, 3.8) is 0 Å². The molecule has 0 aromatic carbocycles. The van der Waals surface area contributed by atoms with Crippen LogP contribution >= 0.6 is 11.8 Å². The Morgan fingerprint density at radius 1 is 1.62 bits per heavy atom. The van der Waals surface area contributed by atoms with E-state index in [9.17, 15) is 4.79 Å². The lowest BCUT2D eigenvalue weighted by Crippen LogP contribution is -2.39. The number of carboxylic acids is 1. The number of hydrogen-bond acceptors (Lipinski definition) is 4. The number of rotatable bonds is 6. The molecule has 1 atom stereocenters. The van der Waals surface area contributed by atoms with E-state index in [2.05, 4.69) is 4.98 Å². The minimum absolute atomic E-state index is 0.512. The van der Waals surface area contributed by atoms with Crippen LogP contribution in [0.3, 0.4) is 0 Å². The van der Waals surface area contributed by atoms with Gasteiger partial charge in [0, 0.05) is 13.2 Å². The van der Waals surface area contributed by atoms with Gasteiger partial charge in [0.15, 0.2) is 0 Å². The van der Waals surface area contributed by atoms with Crippen LogP contribution in [0, 0.1) is 0 Å². The topological polar surface area (TPSA) is 53.4 Å². The molecule has 0 spiro atoms. The Bertz CT molecular complexity index is 332. The van der Waals surface area contributed by atoms with Crippen molar-refractivity contribution in [2.45, 2.75) is 12.5 Å². The molecule has 1 N–H and O–H groups in total. The maximum atomic E-state index is 11.1. The van der Waals surface area contributed by atoms with E-state index in [1.807, 2.05) is 24.5 Å². The zero-order chi connectivity index (χ0) is 12.0. The number of aliphatic carboxylic acids is 1. The zero-order valence-corrected chi connectivity index (χ0v) is 10.3. The number of likely N-dealkylation sites (N-methyl/N-ethyl adjacent to an activating group) is 1. The average Bonchev–Trinajstić information content (AvgIpc) is 2.30. The van der Waals surface area contributed by atoms with Gasteiger partial charge in [-0.15, -0.1) is 0 Å². The van der Waals surface area contributed by atoms with Gasteiger partial charge in [-0.3, -0.25) is 0 Å². The van der Waals surface area contributed by atoms with Crippen LogP contribution in [0.4, 0.5) is 5.82 Å². The molecule has 1 aromatic heterocycles. The summed E-state index contributed by atoms with van der Waals surface area (Å²) < 4.78 is 0. The first kappa shape index (κ1) is 12.8.